The summed E-state index contributed by atoms with van der Waals surface area (Å²) in [7, 11) is 0. The maximum atomic E-state index is 13.0. The van der Waals surface area contributed by atoms with Crippen LogP contribution in [0.5, 0.6) is 0 Å². The van der Waals surface area contributed by atoms with Crippen molar-refractivity contribution < 1.29 is 4.79 Å². The number of rotatable bonds is 5. The number of nitrogens with zero attached hydrogens (tertiary/aromatic N) is 7. The highest BCUT2D eigenvalue weighted by Gasteiger charge is 2.27. The lowest BCUT2D eigenvalue weighted by atomic mass is 10.1. The van der Waals surface area contributed by atoms with Crippen LogP contribution in [0.2, 0.25) is 0 Å². The predicted octanol–water partition coefficient (Wildman–Crippen LogP) is 4.68. The van der Waals surface area contributed by atoms with Gasteiger partial charge in [-0.1, -0.05) is 6.07 Å². The summed E-state index contributed by atoms with van der Waals surface area (Å²) in [5, 5.41) is 7.58. The van der Waals surface area contributed by atoms with Gasteiger partial charge in [-0.25, -0.2) is 19.6 Å². The van der Waals surface area contributed by atoms with E-state index in [-0.39, 0.29) is 11.9 Å². The van der Waals surface area contributed by atoms with Crippen LogP contribution in [0.3, 0.4) is 0 Å². The second kappa shape index (κ2) is 9.67. The number of amides is 1. The number of anilines is 1. The number of hydrogen-bond donors (Lipinski definition) is 2. The van der Waals surface area contributed by atoms with E-state index in [2.05, 4.69) is 32.5 Å². The Hall–Kier alpha value is -5.38. The van der Waals surface area contributed by atoms with Crippen molar-refractivity contribution in [1.29, 1.82) is 0 Å². The zero-order valence-corrected chi connectivity index (χ0v) is 22.6. The second-order valence-electron chi connectivity index (χ2n) is 10.2. The minimum absolute atomic E-state index is 0.0779. The molecule has 0 aliphatic heterocycles. The minimum Gasteiger partial charge on any atom is -0.383 e. The van der Waals surface area contributed by atoms with Crippen molar-refractivity contribution in [3.8, 4) is 22.9 Å². The number of carbonyl (C=O) groups is 1. The number of imidazole rings is 1. The molecule has 5 heterocycles. The highest BCUT2D eigenvalue weighted by molar-refractivity contribution is 5.95. The zero-order chi connectivity index (χ0) is 28.1. The molecule has 202 valence electrons. The van der Waals surface area contributed by atoms with Gasteiger partial charge in [-0.05, 0) is 91.9 Å². The first-order valence-electron chi connectivity index (χ1n) is 13.4. The van der Waals surface area contributed by atoms with E-state index in [0.717, 1.165) is 40.7 Å². The number of nitrogens with one attached hydrogen (secondary N) is 1. The molecule has 1 aliphatic rings. The molecule has 0 fully saturated rings. The summed E-state index contributed by atoms with van der Waals surface area (Å²) in [5.41, 5.74) is 14.0. The number of aryl methyl sites for hydroxylation is 3. The van der Waals surface area contributed by atoms with Crippen molar-refractivity contribution in [2.45, 2.75) is 32.7 Å². The van der Waals surface area contributed by atoms with Gasteiger partial charge in [-0.15, -0.1) is 0 Å². The maximum Gasteiger partial charge on any atom is 0.253 e. The Balaban J connectivity index is 1.34. The lowest BCUT2D eigenvalue weighted by Gasteiger charge is -2.16. The fourth-order valence-corrected chi connectivity index (χ4v) is 5.59. The molecule has 10 heteroatoms. The zero-order valence-electron chi connectivity index (χ0n) is 22.6. The van der Waals surface area contributed by atoms with E-state index >= 15 is 0 Å². The van der Waals surface area contributed by atoms with Gasteiger partial charge in [0.15, 0.2) is 17.3 Å². The van der Waals surface area contributed by atoms with Crippen LogP contribution in [0.4, 0.5) is 5.82 Å². The Morgan fingerprint density at radius 1 is 1.00 bits per heavy atom. The third-order valence-electron chi connectivity index (χ3n) is 7.63. The van der Waals surface area contributed by atoms with Crippen molar-refractivity contribution >= 4 is 22.9 Å². The predicted molar refractivity (Wildman–Crippen MR) is 156 cm³/mol. The van der Waals surface area contributed by atoms with E-state index in [1.807, 2.05) is 54.9 Å². The molecule has 1 aliphatic carbocycles. The van der Waals surface area contributed by atoms with Gasteiger partial charge in [0.25, 0.3) is 5.91 Å². The van der Waals surface area contributed by atoms with E-state index in [9.17, 15) is 4.79 Å². The summed E-state index contributed by atoms with van der Waals surface area (Å²) in [6.07, 6.45) is 8.61. The first-order chi connectivity index (χ1) is 20.0. The SMILES string of the molecule is Cc1ncccc1C(=O)N[C@H]1CCc2cc(-n3c(-c4cccnc4N)nc4c(C)cc(-n5cccn5)nc43)ccc21. The Bertz CT molecular complexity index is 1940. The smallest absolute Gasteiger partial charge is 0.253 e. The van der Waals surface area contributed by atoms with Gasteiger partial charge in [0.2, 0.25) is 0 Å². The molecule has 7 rings (SSSR count). The van der Waals surface area contributed by atoms with Crippen LogP contribution in [0, 0.1) is 13.8 Å². The van der Waals surface area contributed by atoms with E-state index < -0.39 is 0 Å². The number of aromatic nitrogens is 7. The topological polar surface area (TPSA) is 129 Å². The Labute approximate surface area is 235 Å². The highest BCUT2D eigenvalue weighted by Crippen LogP contribution is 2.36. The number of benzene rings is 1. The molecule has 0 radical (unpaired) electrons. The summed E-state index contributed by atoms with van der Waals surface area (Å²) < 4.78 is 3.77. The van der Waals surface area contributed by atoms with Crippen LogP contribution in [-0.4, -0.2) is 40.2 Å². The number of carbonyl (C=O) groups excluding carboxylic acids is 1. The van der Waals surface area contributed by atoms with Crippen molar-refractivity contribution in [3.63, 3.8) is 0 Å². The van der Waals surface area contributed by atoms with Crippen molar-refractivity contribution in [1.82, 2.24) is 39.6 Å². The molecule has 0 saturated carbocycles. The summed E-state index contributed by atoms with van der Waals surface area (Å²) in [5.74, 6) is 1.64. The molecule has 1 amide bonds. The van der Waals surface area contributed by atoms with E-state index in [1.165, 1.54) is 5.56 Å². The second-order valence-corrected chi connectivity index (χ2v) is 10.2. The number of nitrogens with two attached hydrogens (primary N) is 1. The van der Waals surface area contributed by atoms with Crippen LogP contribution >= 0.6 is 0 Å². The van der Waals surface area contributed by atoms with Gasteiger partial charge in [0.1, 0.15) is 11.3 Å². The van der Waals surface area contributed by atoms with Gasteiger partial charge in [-0.2, -0.15) is 5.10 Å². The van der Waals surface area contributed by atoms with Crippen LogP contribution in [-0.2, 0) is 6.42 Å². The van der Waals surface area contributed by atoms with E-state index in [1.54, 1.807) is 35.4 Å². The molecule has 41 heavy (non-hydrogen) atoms. The lowest BCUT2D eigenvalue weighted by molar-refractivity contribution is 0.0935. The summed E-state index contributed by atoms with van der Waals surface area (Å²) in [6, 6.07) is 17.4. The highest BCUT2D eigenvalue weighted by atomic mass is 16.1. The molecule has 0 spiro atoms. The van der Waals surface area contributed by atoms with Gasteiger partial charge < -0.3 is 11.1 Å². The van der Waals surface area contributed by atoms with E-state index in [0.29, 0.717) is 34.4 Å². The normalized spacial score (nSPS) is 14.3. The summed E-state index contributed by atoms with van der Waals surface area (Å²) >= 11 is 0. The molecular formula is C31H27N9O. The molecular weight excluding hydrogens is 514 g/mol. The first-order valence-corrected chi connectivity index (χ1v) is 13.4. The number of fused-ring (bicyclic) bond motifs is 2. The lowest BCUT2D eigenvalue weighted by Crippen LogP contribution is -2.27. The fraction of sp³-hybridized carbons (Fsp3) is 0.161. The van der Waals surface area contributed by atoms with Crippen molar-refractivity contribution in [2.75, 3.05) is 5.73 Å². The quantitative estimate of drug-likeness (QED) is 0.324. The first kappa shape index (κ1) is 24.6. The molecule has 0 bridgehead atoms. The third-order valence-corrected chi connectivity index (χ3v) is 7.63. The van der Waals surface area contributed by atoms with Gasteiger partial charge in [-0.3, -0.25) is 14.3 Å². The van der Waals surface area contributed by atoms with Gasteiger partial charge in [0, 0.05) is 36.2 Å². The minimum atomic E-state index is -0.113. The molecule has 0 saturated heterocycles. The summed E-state index contributed by atoms with van der Waals surface area (Å²) in [4.78, 5) is 31.6. The standard InChI is InChI=1S/C31H27N9O/c1-18-16-26(39-15-5-14-35-39)37-30-27(18)38-29(24-7-4-13-34-28(24)32)40(30)21-9-10-23-20(17-21)8-11-25(23)36-31(41)22-6-3-12-33-19(22)2/h3-7,9-10,12-17,25H,8,11H2,1-2H3,(H2,32,34)(H,36,41)/t25-/m0/s1. The monoisotopic (exact) mass is 541 g/mol. The Morgan fingerprint density at radius 3 is 2.66 bits per heavy atom. The third kappa shape index (κ3) is 4.20. The van der Waals surface area contributed by atoms with Crippen LogP contribution in [0.25, 0.3) is 34.1 Å². The van der Waals surface area contributed by atoms with Crippen molar-refractivity contribution in [2.24, 2.45) is 0 Å². The largest absolute Gasteiger partial charge is 0.383 e. The number of pyridine rings is 3. The summed E-state index contributed by atoms with van der Waals surface area (Å²) in [6.45, 7) is 3.87. The molecule has 1 aromatic carbocycles. The Morgan fingerprint density at radius 2 is 1.85 bits per heavy atom. The fourth-order valence-electron chi connectivity index (χ4n) is 5.59. The molecule has 6 aromatic rings. The van der Waals surface area contributed by atoms with Crippen LogP contribution < -0.4 is 11.1 Å². The molecule has 3 N–H and O–H groups in total. The van der Waals surface area contributed by atoms with Crippen molar-refractivity contribution in [3.05, 3.63) is 107 Å². The Kier molecular flexibility index (Phi) is 5.81. The van der Waals surface area contributed by atoms with Gasteiger partial charge >= 0.3 is 0 Å². The van der Waals surface area contributed by atoms with Gasteiger partial charge in [0.05, 0.1) is 17.2 Å². The molecule has 10 nitrogen and oxygen atoms in total. The van der Waals surface area contributed by atoms with Crippen LogP contribution in [0.15, 0.2) is 79.4 Å². The average molecular weight is 542 g/mol. The average Bonchev–Trinajstić information content (AvgIpc) is 3.73. The maximum absolute atomic E-state index is 13.0. The number of nitrogen functional groups attached to an aromatic ring is 1. The molecule has 0 unspecified atom stereocenters. The number of hydrogen-bond acceptors (Lipinski definition) is 7. The van der Waals surface area contributed by atoms with E-state index in [4.69, 9.17) is 15.7 Å². The van der Waals surface area contributed by atoms with Crippen LogP contribution in [0.1, 0.15) is 45.2 Å². The molecule has 1 atom stereocenters. The molecule has 5 aromatic heterocycles.